The summed E-state index contributed by atoms with van der Waals surface area (Å²) in [6.07, 6.45) is 0. The molecule has 0 fully saturated rings. The molecule has 52 heavy (non-hydrogen) atoms. The number of hydrogen-bond acceptors (Lipinski definition) is 2. The Hall–Kier alpha value is -6.90. The number of anilines is 3. The number of rotatable bonds is 8. The summed E-state index contributed by atoms with van der Waals surface area (Å²) in [7, 11) is 0. The van der Waals surface area contributed by atoms with Crippen molar-refractivity contribution in [1.29, 1.82) is 0 Å². The van der Waals surface area contributed by atoms with Gasteiger partial charge in [0.1, 0.15) is 11.3 Å². The van der Waals surface area contributed by atoms with Crippen LogP contribution in [0, 0.1) is 0 Å². The van der Waals surface area contributed by atoms with E-state index in [1.54, 1.807) is 0 Å². The van der Waals surface area contributed by atoms with Crippen LogP contribution < -0.4 is 4.90 Å². The van der Waals surface area contributed by atoms with Gasteiger partial charge in [0.15, 0.2) is 0 Å². The smallest absolute Gasteiger partial charge is 0.143 e. The summed E-state index contributed by atoms with van der Waals surface area (Å²) in [4.78, 5) is 2.31. The van der Waals surface area contributed by atoms with E-state index in [2.05, 4.69) is 205 Å². The molecule has 1 heterocycles. The zero-order valence-electron chi connectivity index (χ0n) is 28.6. The van der Waals surface area contributed by atoms with Gasteiger partial charge in [0.2, 0.25) is 0 Å². The van der Waals surface area contributed by atoms with E-state index in [4.69, 9.17) is 4.42 Å². The van der Waals surface area contributed by atoms with Gasteiger partial charge in [-0.3, -0.25) is 0 Å². The van der Waals surface area contributed by atoms with Crippen molar-refractivity contribution in [3.8, 4) is 55.8 Å². The van der Waals surface area contributed by atoms with E-state index in [1.165, 1.54) is 22.3 Å². The van der Waals surface area contributed by atoms with E-state index in [0.29, 0.717) is 0 Å². The molecule has 2 nitrogen and oxygen atoms in total. The number of hydrogen-bond donors (Lipinski definition) is 0. The topological polar surface area (TPSA) is 16.4 Å². The predicted octanol–water partition coefficient (Wildman–Crippen LogP) is 14.2. The van der Waals surface area contributed by atoms with Crippen LogP contribution in [-0.2, 0) is 0 Å². The molecule has 246 valence electrons. The quantitative estimate of drug-likeness (QED) is 0.161. The van der Waals surface area contributed by atoms with Crippen LogP contribution in [0.3, 0.4) is 0 Å². The molecular weight excluding hydrogens is 631 g/mol. The second kappa shape index (κ2) is 13.8. The second-order valence-corrected chi connectivity index (χ2v) is 13.0. The SMILES string of the molecule is c1ccc(-c2cccc(-c3ccc(N(c4ccccc4)c4ccc(-c5cccc(-c6oc7ccccc7c6-c6ccccc6)c5)cc4)cc3)c2)cc1. The van der Waals surface area contributed by atoms with Crippen molar-refractivity contribution in [1.82, 2.24) is 0 Å². The van der Waals surface area contributed by atoms with Crippen molar-refractivity contribution in [3.63, 3.8) is 0 Å². The number of para-hydroxylation sites is 2. The van der Waals surface area contributed by atoms with Gasteiger partial charge in [0.05, 0.1) is 0 Å². The molecule has 9 rings (SSSR count). The molecule has 0 unspecified atom stereocenters. The van der Waals surface area contributed by atoms with E-state index in [0.717, 1.165) is 61.6 Å². The van der Waals surface area contributed by atoms with Gasteiger partial charge in [0.25, 0.3) is 0 Å². The number of benzene rings is 8. The Kier molecular flexibility index (Phi) is 8.24. The molecular formula is C50H35NO. The normalized spacial score (nSPS) is 11.1. The summed E-state index contributed by atoms with van der Waals surface area (Å²) < 4.78 is 6.54. The highest BCUT2D eigenvalue weighted by Crippen LogP contribution is 2.42. The fraction of sp³-hybridized carbons (Fsp3) is 0. The molecule has 0 spiro atoms. The van der Waals surface area contributed by atoms with E-state index in [1.807, 2.05) is 12.1 Å². The summed E-state index contributed by atoms with van der Waals surface area (Å²) in [6.45, 7) is 0. The molecule has 0 atom stereocenters. The first-order chi connectivity index (χ1) is 25.8. The lowest BCUT2D eigenvalue weighted by Gasteiger charge is -2.26. The molecule has 0 bridgehead atoms. The fourth-order valence-corrected chi connectivity index (χ4v) is 7.12. The average molecular weight is 666 g/mol. The Morgan fingerprint density at radius 3 is 1.27 bits per heavy atom. The van der Waals surface area contributed by atoms with E-state index in [-0.39, 0.29) is 0 Å². The maximum atomic E-state index is 6.54. The van der Waals surface area contributed by atoms with Crippen LogP contribution in [0.15, 0.2) is 217 Å². The molecule has 0 aliphatic heterocycles. The summed E-state index contributed by atoms with van der Waals surface area (Å²) in [5.74, 6) is 0.886. The van der Waals surface area contributed by atoms with Gasteiger partial charge in [-0.2, -0.15) is 0 Å². The Labute approximate surface area is 304 Å². The minimum Gasteiger partial charge on any atom is -0.455 e. The Morgan fingerprint density at radius 1 is 0.288 bits per heavy atom. The first kappa shape index (κ1) is 31.1. The van der Waals surface area contributed by atoms with Crippen LogP contribution >= 0.6 is 0 Å². The fourth-order valence-electron chi connectivity index (χ4n) is 7.12. The van der Waals surface area contributed by atoms with Crippen molar-refractivity contribution in [2.75, 3.05) is 4.90 Å². The highest BCUT2D eigenvalue weighted by Gasteiger charge is 2.18. The first-order valence-corrected chi connectivity index (χ1v) is 17.7. The van der Waals surface area contributed by atoms with Crippen molar-refractivity contribution < 1.29 is 4.42 Å². The summed E-state index contributed by atoms with van der Waals surface area (Å²) in [5.41, 5.74) is 14.6. The first-order valence-electron chi connectivity index (χ1n) is 17.7. The highest BCUT2D eigenvalue weighted by molar-refractivity contribution is 6.02. The van der Waals surface area contributed by atoms with Gasteiger partial charge in [-0.25, -0.2) is 0 Å². The molecule has 8 aromatic carbocycles. The summed E-state index contributed by atoms with van der Waals surface area (Å²) >= 11 is 0. The van der Waals surface area contributed by atoms with Crippen LogP contribution in [0.4, 0.5) is 17.1 Å². The van der Waals surface area contributed by atoms with Crippen LogP contribution in [0.5, 0.6) is 0 Å². The van der Waals surface area contributed by atoms with Gasteiger partial charge in [-0.1, -0.05) is 158 Å². The Balaban J connectivity index is 1.04. The molecule has 9 aromatic rings. The van der Waals surface area contributed by atoms with Gasteiger partial charge in [0, 0.05) is 33.6 Å². The molecule has 0 saturated heterocycles. The number of furan rings is 1. The maximum Gasteiger partial charge on any atom is 0.143 e. The molecule has 0 aliphatic carbocycles. The van der Waals surface area contributed by atoms with Crippen molar-refractivity contribution in [2.24, 2.45) is 0 Å². The zero-order valence-corrected chi connectivity index (χ0v) is 28.6. The number of fused-ring (bicyclic) bond motifs is 1. The van der Waals surface area contributed by atoms with Crippen LogP contribution in [0.25, 0.3) is 66.8 Å². The third-order valence-electron chi connectivity index (χ3n) is 9.68. The predicted molar refractivity (Wildman–Crippen MR) is 218 cm³/mol. The lowest BCUT2D eigenvalue weighted by atomic mass is 9.96. The molecule has 0 radical (unpaired) electrons. The molecule has 0 aliphatic rings. The minimum absolute atomic E-state index is 0.886. The molecule has 2 heteroatoms. The molecule has 1 aromatic heterocycles. The van der Waals surface area contributed by atoms with Gasteiger partial charge in [-0.15, -0.1) is 0 Å². The van der Waals surface area contributed by atoms with Crippen molar-refractivity contribution >= 4 is 28.0 Å². The van der Waals surface area contributed by atoms with Crippen molar-refractivity contribution in [2.45, 2.75) is 0 Å². The van der Waals surface area contributed by atoms with Crippen LogP contribution in [0.2, 0.25) is 0 Å². The molecule has 0 amide bonds. The van der Waals surface area contributed by atoms with Gasteiger partial charge in [-0.05, 0) is 93.5 Å². The minimum atomic E-state index is 0.886. The standard InChI is InChI=1S/C50H35NO/c1-4-14-36(15-5-1)40-18-12-19-41(34-40)37-26-30-45(31-27-37)51(44-22-8-3-9-23-44)46-32-28-38(29-33-46)42-20-13-21-43(35-42)50-49(39-16-6-2-7-17-39)47-24-10-11-25-48(47)52-50/h1-35H. The van der Waals surface area contributed by atoms with Gasteiger partial charge >= 0.3 is 0 Å². The van der Waals surface area contributed by atoms with E-state index < -0.39 is 0 Å². The lowest BCUT2D eigenvalue weighted by molar-refractivity contribution is 0.632. The Morgan fingerprint density at radius 2 is 0.692 bits per heavy atom. The van der Waals surface area contributed by atoms with Crippen LogP contribution in [-0.4, -0.2) is 0 Å². The third kappa shape index (κ3) is 6.08. The molecule has 0 N–H and O–H groups in total. The average Bonchev–Trinajstić information content (AvgIpc) is 3.63. The summed E-state index contributed by atoms with van der Waals surface area (Å²) in [6, 6.07) is 75.0. The third-order valence-corrected chi connectivity index (χ3v) is 9.68. The van der Waals surface area contributed by atoms with Crippen LogP contribution in [0.1, 0.15) is 0 Å². The largest absolute Gasteiger partial charge is 0.455 e. The van der Waals surface area contributed by atoms with Gasteiger partial charge < -0.3 is 9.32 Å². The van der Waals surface area contributed by atoms with E-state index in [9.17, 15) is 0 Å². The lowest BCUT2D eigenvalue weighted by Crippen LogP contribution is -2.09. The highest BCUT2D eigenvalue weighted by atomic mass is 16.3. The maximum absolute atomic E-state index is 6.54. The zero-order chi connectivity index (χ0) is 34.7. The monoisotopic (exact) mass is 665 g/mol. The Bertz CT molecular complexity index is 2590. The second-order valence-electron chi connectivity index (χ2n) is 13.0. The van der Waals surface area contributed by atoms with Crippen molar-refractivity contribution in [3.05, 3.63) is 212 Å². The summed E-state index contributed by atoms with van der Waals surface area (Å²) in [5, 5.41) is 1.12. The van der Waals surface area contributed by atoms with E-state index >= 15 is 0 Å². The number of nitrogens with zero attached hydrogens (tertiary/aromatic N) is 1. The molecule has 0 saturated carbocycles.